The predicted molar refractivity (Wildman–Crippen MR) is 87.7 cm³/mol. The number of carboxylic acid groups (broad SMARTS) is 1. The van der Waals surface area contributed by atoms with Crippen LogP contribution in [0.4, 0.5) is 5.13 Å². The van der Waals surface area contributed by atoms with Crippen LogP contribution in [0.3, 0.4) is 0 Å². The Morgan fingerprint density at radius 1 is 1.41 bits per heavy atom. The molecule has 2 rings (SSSR count). The third kappa shape index (κ3) is 5.04. The summed E-state index contributed by atoms with van der Waals surface area (Å²) in [6.07, 6.45) is 2.54. The van der Waals surface area contributed by atoms with Crippen molar-refractivity contribution in [2.45, 2.75) is 13.3 Å². The highest BCUT2D eigenvalue weighted by Crippen LogP contribution is 2.19. The van der Waals surface area contributed by atoms with Crippen LogP contribution < -0.4 is 9.64 Å². The smallest absolute Gasteiger partial charge is 0.308 e. The second-order valence-electron chi connectivity index (χ2n) is 5.02. The number of carboxylic acids is 1. The zero-order chi connectivity index (χ0) is 15.8. The fourth-order valence-corrected chi connectivity index (χ4v) is 2.69. The predicted octanol–water partition coefficient (Wildman–Crippen LogP) is 3.14. The molecule has 0 radical (unpaired) electrons. The first-order valence-corrected chi connectivity index (χ1v) is 8.10. The van der Waals surface area contributed by atoms with Crippen molar-refractivity contribution in [2.75, 3.05) is 24.6 Å². The van der Waals surface area contributed by atoms with Gasteiger partial charge in [-0.05, 0) is 18.6 Å². The van der Waals surface area contributed by atoms with Gasteiger partial charge in [-0.2, -0.15) is 0 Å². The van der Waals surface area contributed by atoms with E-state index in [1.807, 2.05) is 40.6 Å². The summed E-state index contributed by atoms with van der Waals surface area (Å²) in [5, 5.41) is 11.8. The molecular formula is C16H20N2O3S. The maximum absolute atomic E-state index is 11.1. The topological polar surface area (TPSA) is 62.7 Å². The van der Waals surface area contributed by atoms with Crippen LogP contribution in [0.1, 0.15) is 13.3 Å². The number of para-hydroxylation sites is 1. The lowest BCUT2D eigenvalue weighted by Gasteiger charge is -2.23. The summed E-state index contributed by atoms with van der Waals surface area (Å²) in [5.74, 6) is -0.372. The van der Waals surface area contributed by atoms with E-state index in [0.717, 1.165) is 23.8 Å². The fraction of sp³-hybridized carbons (Fsp3) is 0.375. The molecule has 1 unspecified atom stereocenters. The van der Waals surface area contributed by atoms with Crippen molar-refractivity contribution in [2.24, 2.45) is 5.92 Å². The molecule has 0 aliphatic rings. The molecule has 1 heterocycles. The molecule has 6 heteroatoms. The first kappa shape index (κ1) is 16.3. The van der Waals surface area contributed by atoms with Gasteiger partial charge in [0.1, 0.15) is 5.75 Å². The number of benzene rings is 1. The van der Waals surface area contributed by atoms with E-state index in [0.29, 0.717) is 13.2 Å². The molecule has 5 nitrogen and oxygen atoms in total. The second kappa shape index (κ2) is 8.38. The monoisotopic (exact) mass is 320 g/mol. The Morgan fingerprint density at radius 3 is 2.82 bits per heavy atom. The fourth-order valence-electron chi connectivity index (χ4n) is 2.01. The quantitative estimate of drug-likeness (QED) is 0.719. The van der Waals surface area contributed by atoms with Crippen LogP contribution in [0.5, 0.6) is 5.75 Å². The number of carbonyl (C=O) groups is 1. The van der Waals surface area contributed by atoms with E-state index in [4.69, 9.17) is 9.84 Å². The minimum absolute atomic E-state index is 0.432. The summed E-state index contributed by atoms with van der Waals surface area (Å²) in [6, 6.07) is 9.66. The van der Waals surface area contributed by atoms with Gasteiger partial charge in [-0.25, -0.2) is 4.98 Å². The van der Waals surface area contributed by atoms with Crippen molar-refractivity contribution in [3.8, 4) is 5.75 Å². The van der Waals surface area contributed by atoms with Crippen molar-refractivity contribution in [1.82, 2.24) is 4.98 Å². The molecule has 0 amide bonds. The third-order valence-electron chi connectivity index (χ3n) is 3.19. The molecule has 22 heavy (non-hydrogen) atoms. The lowest BCUT2D eigenvalue weighted by molar-refractivity contribution is -0.140. The van der Waals surface area contributed by atoms with Crippen LogP contribution >= 0.6 is 11.3 Å². The molecule has 0 saturated carbocycles. The van der Waals surface area contributed by atoms with E-state index >= 15 is 0 Å². The Kier molecular flexibility index (Phi) is 6.21. The average molecular weight is 320 g/mol. The zero-order valence-corrected chi connectivity index (χ0v) is 13.3. The lowest BCUT2D eigenvalue weighted by atomic mass is 10.2. The van der Waals surface area contributed by atoms with Crippen LogP contribution in [-0.4, -0.2) is 35.8 Å². The van der Waals surface area contributed by atoms with Crippen LogP contribution in [-0.2, 0) is 4.79 Å². The van der Waals surface area contributed by atoms with Gasteiger partial charge in [-0.15, -0.1) is 11.3 Å². The zero-order valence-electron chi connectivity index (χ0n) is 12.5. The minimum atomic E-state index is -0.790. The number of hydrogen-bond acceptors (Lipinski definition) is 5. The SMILES string of the molecule is CC(CN(CCCOc1ccccc1)c1nccs1)C(=O)O. The van der Waals surface area contributed by atoms with Crippen molar-refractivity contribution >= 4 is 22.4 Å². The number of aromatic nitrogens is 1. The van der Waals surface area contributed by atoms with E-state index in [1.165, 1.54) is 11.3 Å². The van der Waals surface area contributed by atoms with Gasteiger partial charge in [0, 0.05) is 24.7 Å². The largest absolute Gasteiger partial charge is 0.494 e. The number of aliphatic carboxylic acids is 1. The van der Waals surface area contributed by atoms with Crippen LogP contribution in [0.25, 0.3) is 0 Å². The lowest BCUT2D eigenvalue weighted by Crippen LogP contribution is -2.33. The van der Waals surface area contributed by atoms with Crippen molar-refractivity contribution in [1.29, 1.82) is 0 Å². The molecule has 0 aliphatic carbocycles. The minimum Gasteiger partial charge on any atom is -0.494 e. The van der Waals surface area contributed by atoms with Gasteiger partial charge in [0.25, 0.3) is 0 Å². The molecular weight excluding hydrogens is 300 g/mol. The number of rotatable bonds is 9. The average Bonchev–Trinajstić information content (AvgIpc) is 3.05. The summed E-state index contributed by atoms with van der Waals surface area (Å²) in [7, 11) is 0. The summed E-state index contributed by atoms with van der Waals surface area (Å²) < 4.78 is 5.67. The van der Waals surface area contributed by atoms with Crippen molar-refractivity contribution < 1.29 is 14.6 Å². The van der Waals surface area contributed by atoms with Gasteiger partial charge >= 0.3 is 5.97 Å². The molecule has 1 atom stereocenters. The summed E-state index contributed by atoms with van der Waals surface area (Å²) >= 11 is 1.52. The van der Waals surface area contributed by atoms with E-state index in [2.05, 4.69) is 4.98 Å². The highest BCUT2D eigenvalue weighted by molar-refractivity contribution is 7.13. The maximum Gasteiger partial charge on any atom is 0.308 e. The van der Waals surface area contributed by atoms with E-state index < -0.39 is 11.9 Å². The van der Waals surface area contributed by atoms with Gasteiger partial charge in [-0.1, -0.05) is 25.1 Å². The molecule has 2 aromatic rings. The number of nitrogens with zero attached hydrogens (tertiary/aromatic N) is 2. The van der Waals surface area contributed by atoms with E-state index in [9.17, 15) is 4.79 Å². The van der Waals surface area contributed by atoms with Gasteiger partial charge < -0.3 is 14.7 Å². The normalized spacial score (nSPS) is 11.9. The Morgan fingerprint density at radius 2 is 2.18 bits per heavy atom. The van der Waals surface area contributed by atoms with Crippen LogP contribution in [0, 0.1) is 5.92 Å². The highest BCUT2D eigenvalue weighted by atomic mass is 32.1. The highest BCUT2D eigenvalue weighted by Gasteiger charge is 2.17. The van der Waals surface area contributed by atoms with Gasteiger partial charge in [0.2, 0.25) is 0 Å². The van der Waals surface area contributed by atoms with E-state index in [-0.39, 0.29) is 0 Å². The van der Waals surface area contributed by atoms with Crippen LogP contribution in [0.15, 0.2) is 41.9 Å². The first-order chi connectivity index (χ1) is 10.7. The van der Waals surface area contributed by atoms with Crippen molar-refractivity contribution in [3.05, 3.63) is 41.9 Å². The van der Waals surface area contributed by atoms with E-state index in [1.54, 1.807) is 13.1 Å². The number of thiazole rings is 1. The number of hydrogen-bond donors (Lipinski definition) is 1. The summed E-state index contributed by atoms with van der Waals surface area (Å²) in [6.45, 7) is 3.48. The molecule has 0 spiro atoms. The Balaban J connectivity index is 1.83. The van der Waals surface area contributed by atoms with Crippen molar-refractivity contribution in [3.63, 3.8) is 0 Å². The standard InChI is InChI=1S/C16H20N2O3S/c1-13(15(19)20)12-18(16-17-8-11-22-16)9-5-10-21-14-6-3-2-4-7-14/h2-4,6-8,11,13H,5,9-10,12H2,1H3,(H,19,20). The molecule has 0 saturated heterocycles. The Bertz CT molecular complexity index is 560. The molecule has 1 N–H and O–H groups in total. The van der Waals surface area contributed by atoms with Crippen LogP contribution in [0.2, 0.25) is 0 Å². The molecule has 0 bridgehead atoms. The molecule has 118 valence electrons. The maximum atomic E-state index is 11.1. The summed E-state index contributed by atoms with van der Waals surface area (Å²) in [5.41, 5.74) is 0. The molecule has 0 aliphatic heterocycles. The first-order valence-electron chi connectivity index (χ1n) is 7.22. The second-order valence-corrected chi connectivity index (χ2v) is 5.89. The Labute approximate surface area is 134 Å². The third-order valence-corrected chi connectivity index (χ3v) is 4.02. The molecule has 0 fully saturated rings. The molecule has 1 aromatic heterocycles. The number of ether oxygens (including phenoxy) is 1. The van der Waals surface area contributed by atoms with Gasteiger partial charge in [-0.3, -0.25) is 4.79 Å². The number of anilines is 1. The summed E-state index contributed by atoms with van der Waals surface area (Å²) in [4.78, 5) is 17.3. The van der Waals surface area contributed by atoms with Gasteiger partial charge in [0.05, 0.1) is 12.5 Å². The molecule has 1 aromatic carbocycles. The van der Waals surface area contributed by atoms with Gasteiger partial charge in [0.15, 0.2) is 5.13 Å². The Hall–Kier alpha value is -2.08.